The molecule has 0 saturated heterocycles. The van der Waals surface area contributed by atoms with E-state index in [0.717, 1.165) is 11.1 Å². The number of benzene rings is 2. The van der Waals surface area contributed by atoms with E-state index in [1.165, 1.54) is 0 Å². The van der Waals surface area contributed by atoms with Crippen LogP contribution in [0.4, 0.5) is 4.79 Å². The lowest BCUT2D eigenvalue weighted by molar-refractivity contribution is -0.0820. The van der Waals surface area contributed by atoms with E-state index in [1.807, 2.05) is 67.6 Å². The Hall–Kier alpha value is -2.37. The molecule has 0 radical (unpaired) electrons. The molecule has 0 fully saturated rings. The second-order valence-corrected chi connectivity index (χ2v) is 4.59. The van der Waals surface area contributed by atoms with Crippen LogP contribution in [-0.4, -0.2) is 32.9 Å². The van der Waals surface area contributed by atoms with Gasteiger partial charge in [0.25, 0.3) is 0 Å². The number of aliphatic hydroxyl groups excluding tert-OH is 1. The molecule has 0 heterocycles. The van der Waals surface area contributed by atoms with Crippen molar-refractivity contribution in [1.82, 2.24) is 0 Å². The van der Waals surface area contributed by atoms with Gasteiger partial charge in [0, 0.05) is 0 Å². The van der Waals surface area contributed by atoms with Gasteiger partial charge in [0.15, 0.2) is 6.29 Å². The smallest absolute Gasteiger partial charge is 0.450 e. The molecule has 0 aromatic heterocycles. The quantitative estimate of drug-likeness (QED) is 0.651. The van der Waals surface area contributed by atoms with Gasteiger partial charge in [-0.2, -0.15) is 0 Å². The summed E-state index contributed by atoms with van der Waals surface area (Å²) in [6.07, 6.45) is -3.27. The fourth-order valence-corrected chi connectivity index (χ4v) is 2.03. The Balaban J connectivity index is 0.000000491. The monoisotopic (exact) mass is 290 g/mol. The van der Waals surface area contributed by atoms with Crippen molar-refractivity contribution in [2.45, 2.75) is 18.6 Å². The Morgan fingerprint density at radius 3 is 1.38 bits per heavy atom. The average Bonchev–Trinajstić information content (AvgIpc) is 2.47. The molecule has 0 aliphatic rings. The van der Waals surface area contributed by atoms with Gasteiger partial charge in [-0.05, 0) is 18.1 Å². The van der Waals surface area contributed by atoms with Gasteiger partial charge in [-0.3, -0.25) is 0 Å². The van der Waals surface area contributed by atoms with E-state index in [1.54, 1.807) is 0 Å². The lowest BCUT2D eigenvalue weighted by Crippen LogP contribution is -2.37. The highest BCUT2D eigenvalue weighted by Crippen LogP contribution is 2.34. The molecule has 2 aromatic rings. The van der Waals surface area contributed by atoms with Gasteiger partial charge in [0.1, 0.15) is 0 Å². The lowest BCUT2D eigenvalue weighted by atomic mass is 9.75. The SMILES string of the molecule is CC(c1ccccc1)(c1ccccc1)C(O)O.O=C(O)O. The van der Waals surface area contributed by atoms with E-state index in [2.05, 4.69) is 0 Å². The molecule has 0 bridgehead atoms. The van der Waals surface area contributed by atoms with Gasteiger partial charge in [0.2, 0.25) is 0 Å². The first-order chi connectivity index (χ1) is 9.89. The number of aliphatic hydroxyl groups is 2. The van der Waals surface area contributed by atoms with Gasteiger partial charge in [-0.25, -0.2) is 4.79 Å². The van der Waals surface area contributed by atoms with E-state index < -0.39 is 17.9 Å². The molecule has 5 nitrogen and oxygen atoms in total. The van der Waals surface area contributed by atoms with Crippen LogP contribution in [0.5, 0.6) is 0 Å². The third-order valence-corrected chi connectivity index (χ3v) is 3.26. The predicted molar refractivity (Wildman–Crippen MR) is 78.2 cm³/mol. The molecule has 0 unspecified atom stereocenters. The molecule has 0 saturated carbocycles. The number of carboxylic acid groups (broad SMARTS) is 2. The van der Waals surface area contributed by atoms with Crippen molar-refractivity contribution in [3.63, 3.8) is 0 Å². The topological polar surface area (TPSA) is 98.0 Å². The first-order valence-electron chi connectivity index (χ1n) is 6.28. The maximum atomic E-state index is 9.73. The van der Waals surface area contributed by atoms with E-state index in [-0.39, 0.29) is 0 Å². The zero-order chi connectivity index (χ0) is 15.9. The first kappa shape index (κ1) is 16.7. The maximum Gasteiger partial charge on any atom is 0.503 e. The highest BCUT2D eigenvalue weighted by atomic mass is 16.6. The molecular weight excluding hydrogens is 272 g/mol. The molecule has 0 spiro atoms. The zero-order valence-corrected chi connectivity index (χ0v) is 11.5. The van der Waals surface area contributed by atoms with Crippen LogP contribution in [0, 0.1) is 0 Å². The number of hydrogen-bond acceptors (Lipinski definition) is 3. The van der Waals surface area contributed by atoms with Gasteiger partial charge >= 0.3 is 6.16 Å². The van der Waals surface area contributed by atoms with Crippen molar-refractivity contribution in [1.29, 1.82) is 0 Å². The second-order valence-electron chi connectivity index (χ2n) is 4.59. The molecular formula is C16H18O5. The summed E-state index contributed by atoms with van der Waals surface area (Å²) in [5.74, 6) is 0. The number of carbonyl (C=O) groups is 1. The summed E-state index contributed by atoms with van der Waals surface area (Å²) < 4.78 is 0. The van der Waals surface area contributed by atoms with E-state index in [0.29, 0.717) is 0 Å². The minimum Gasteiger partial charge on any atom is -0.450 e. The second kappa shape index (κ2) is 7.42. The average molecular weight is 290 g/mol. The Morgan fingerprint density at radius 1 is 0.857 bits per heavy atom. The van der Waals surface area contributed by atoms with Gasteiger partial charge in [-0.15, -0.1) is 0 Å². The molecule has 112 valence electrons. The van der Waals surface area contributed by atoms with Crippen LogP contribution >= 0.6 is 0 Å². The fraction of sp³-hybridized carbons (Fsp3) is 0.188. The largest absolute Gasteiger partial charge is 0.503 e. The van der Waals surface area contributed by atoms with Crippen molar-refractivity contribution in [2.24, 2.45) is 0 Å². The van der Waals surface area contributed by atoms with E-state index in [9.17, 15) is 10.2 Å². The van der Waals surface area contributed by atoms with Crippen molar-refractivity contribution in [3.05, 3.63) is 71.8 Å². The third kappa shape index (κ3) is 4.30. The summed E-state index contributed by atoms with van der Waals surface area (Å²) in [5.41, 5.74) is 0.977. The van der Waals surface area contributed by atoms with E-state index >= 15 is 0 Å². The molecule has 0 atom stereocenters. The third-order valence-electron chi connectivity index (χ3n) is 3.26. The maximum absolute atomic E-state index is 9.73. The molecule has 21 heavy (non-hydrogen) atoms. The van der Waals surface area contributed by atoms with Crippen LogP contribution < -0.4 is 0 Å². The van der Waals surface area contributed by atoms with Gasteiger partial charge in [-0.1, -0.05) is 60.7 Å². The van der Waals surface area contributed by atoms with Crippen molar-refractivity contribution >= 4 is 6.16 Å². The zero-order valence-electron chi connectivity index (χ0n) is 11.5. The number of rotatable bonds is 3. The Labute approximate surface area is 122 Å². The fourth-order valence-electron chi connectivity index (χ4n) is 2.03. The molecule has 2 aromatic carbocycles. The van der Waals surface area contributed by atoms with Crippen molar-refractivity contribution in [2.75, 3.05) is 0 Å². The van der Waals surface area contributed by atoms with Crippen LogP contribution in [0.1, 0.15) is 18.1 Å². The molecule has 0 aliphatic carbocycles. The van der Waals surface area contributed by atoms with E-state index in [4.69, 9.17) is 15.0 Å². The normalized spacial score (nSPS) is 10.7. The highest BCUT2D eigenvalue weighted by Gasteiger charge is 2.35. The Bertz CT molecular complexity index is 508. The molecule has 5 heteroatoms. The van der Waals surface area contributed by atoms with Crippen molar-refractivity contribution in [3.8, 4) is 0 Å². The lowest BCUT2D eigenvalue weighted by Gasteiger charge is -2.32. The standard InChI is InChI=1S/C15H16O2.CH2O3/c1-15(14(16)17,12-8-4-2-5-9-12)13-10-6-3-7-11-13;2-1(3)4/h2-11,14,16-17H,1H3;(H2,2,3,4). The minimum absolute atomic E-state index is 0.803. The van der Waals surface area contributed by atoms with Crippen LogP contribution in [0.25, 0.3) is 0 Å². The van der Waals surface area contributed by atoms with Crippen LogP contribution in [0.15, 0.2) is 60.7 Å². The van der Waals surface area contributed by atoms with Crippen molar-refractivity contribution < 1.29 is 25.2 Å². The number of hydrogen-bond donors (Lipinski definition) is 4. The van der Waals surface area contributed by atoms with Crippen LogP contribution in [0.2, 0.25) is 0 Å². The Morgan fingerprint density at radius 2 is 1.14 bits per heavy atom. The van der Waals surface area contributed by atoms with Gasteiger partial charge < -0.3 is 20.4 Å². The Kier molecular flexibility index (Phi) is 5.90. The van der Waals surface area contributed by atoms with Gasteiger partial charge in [0.05, 0.1) is 5.41 Å². The summed E-state index contributed by atoms with van der Waals surface area (Å²) in [6, 6.07) is 19.1. The van der Waals surface area contributed by atoms with Crippen LogP contribution in [0.3, 0.4) is 0 Å². The summed E-state index contributed by atoms with van der Waals surface area (Å²) in [6.45, 7) is 1.84. The summed E-state index contributed by atoms with van der Waals surface area (Å²) in [5, 5.41) is 33.4. The minimum atomic E-state index is -1.83. The molecule has 2 rings (SSSR count). The van der Waals surface area contributed by atoms with Crippen LogP contribution in [-0.2, 0) is 5.41 Å². The predicted octanol–water partition coefficient (Wildman–Crippen LogP) is 2.53. The first-order valence-corrected chi connectivity index (χ1v) is 6.28. The summed E-state index contributed by atoms with van der Waals surface area (Å²) in [7, 11) is 0. The molecule has 4 N–H and O–H groups in total. The molecule has 0 aliphatic heterocycles. The summed E-state index contributed by atoms with van der Waals surface area (Å²) >= 11 is 0. The molecule has 0 amide bonds. The highest BCUT2D eigenvalue weighted by molar-refractivity contribution is 5.53. The summed E-state index contributed by atoms with van der Waals surface area (Å²) in [4.78, 5) is 8.56.